The van der Waals surface area contributed by atoms with Crippen LogP contribution in [-0.2, 0) is 0 Å². The third-order valence-corrected chi connectivity index (χ3v) is 3.78. The zero-order valence-electron chi connectivity index (χ0n) is 12.2. The van der Waals surface area contributed by atoms with Crippen molar-refractivity contribution in [1.29, 1.82) is 0 Å². The van der Waals surface area contributed by atoms with Gasteiger partial charge in [-0.1, -0.05) is 12.8 Å². The molecule has 0 spiro atoms. The molecule has 7 heteroatoms. The highest BCUT2D eigenvalue weighted by Gasteiger charge is 2.34. The van der Waals surface area contributed by atoms with E-state index in [4.69, 9.17) is 4.74 Å². The maximum Gasteiger partial charge on any atom is 0.315 e. The van der Waals surface area contributed by atoms with Crippen LogP contribution in [-0.4, -0.2) is 36.4 Å². The Labute approximate surface area is 127 Å². The largest absolute Gasteiger partial charge is 0.489 e. The van der Waals surface area contributed by atoms with Crippen LogP contribution in [0.25, 0.3) is 0 Å². The van der Waals surface area contributed by atoms with Crippen molar-refractivity contribution >= 4 is 6.03 Å². The molecule has 0 unspecified atom stereocenters. The van der Waals surface area contributed by atoms with E-state index in [1.807, 2.05) is 0 Å². The average Bonchev–Trinajstić information content (AvgIpc) is 2.94. The van der Waals surface area contributed by atoms with E-state index >= 15 is 0 Å². The highest BCUT2D eigenvalue weighted by molar-refractivity contribution is 5.74. The van der Waals surface area contributed by atoms with Gasteiger partial charge in [0.25, 0.3) is 0 Å². The number of hydrogen-bond donors (Lipinski definition) is 3. The Kier molecular flexibility index (Phi) is 5.54. The van der Waals surface area contributed by atoms with E-state index in [0.717, 1.165) is 37.8 Å². The molecular formula is C15H20F2N2O3. The molecule has 1 aromatic carbocycles. The molecule has 1 aromatic rings. The molecule has 0 aliphatic heterocycles. The Morgan fingerprint density at radius 3 is 2.68 bits per heavy atom. The highest BCUT2D eigenvalue weighted by atomic mass is 19.1. The molecule has 0 aromatic heterocycles. The smallest absolute Gasteiger partial charge is 0.315 e. The zero-order chi connectivity index (χ0) is 16.0. The van der Waals surface area contributed by atoms with E-state index in [1.54, 1.807) is 0 Å². The van der Waals surface area contributed by atoms with E-state index in [9.17, 15) is 18.7 Å². The van der Waals surface area contributed by atoms with Gasteiger partial charge in [0.1, 0.15) is 12.4 Å². The Bertz CT molecular complexity index is 520. The van der Waals surface area contributed by atoms with E-state index in [-0.39, 0.29) is 31.5 Å². The fourth-order valence-electron chi connectivity index (χ4n) is 2.58. The van der Waals surface area contributed by atoms with Gasteiger partial charge in [-0.15, -0.1) is 0 Å². The molecule has 2 rings (SSSR count). The number of nitrogens with one attached hydrogen (secondary N) is 2. The quantitative estimate of drug-likeness (QED) is 0.703. The predicted molar refractivity (Wildman–Crippen MR) is 76.7 cm³/mol. The summed E-state index contributed by atoms with van der Waals surface area (Å²) in [6.45, 7) is 0.143. The van der Waals surface area contributed by atoms with Gasteiger partial charge in [0.2, 0.25) is 0 Å². The molecule has 5 nitrogen and oxygen atoms in total. The lowest BCUT2D eigenvalue weighted by atomic mass is 9.99. The van der Waals surface area contributed by atoms with Crippen molar-refractivity contribution in [3.63, 3.8) is 0 Å². The van der Waals surface area contributed by atoms with Crippen LogP contribution in [0.3, 0.4) is 0 Å². The summed E-state index contributed by atoms with van der Waals surface area (Å²) in [5.41, 5.74) is -0.534. The normalized spacial score (nSPS) is 16.3. The van der Waals surface area contributed by atoms with Gasteiger partial charge in [0, 0.05) is 6.07 Å². The number of halogens is 2. The van der Waals surface area contributed by atoms with E-state index in [0.29, 0.717) is 0 Å². The van der Waals surface area contributed by atoms with Gasteiger partial charge < -0.3 is 20.5 Å². The minimum absolute atomic E-state index is 0.0576. The molecule has 0 radical (unpaired) electrons. The third kappa shape index (κ3) is 4.30. The summed E-state index contributed by atoms with van der Waals surface area (Å²) in [6.07, 6.45) is 3.48. The number of hydrogen-bond acceptors (Lipinski definition) is 3. The second-order valence-corrected chi connectivity index (χ2v) is 5.45. The second-order valence-electron chi connectivity index (χ2n) is 5.45. The summed E-state index contributed by atoms with van der Waals surface area (Å²) in [6, 6.07) is 2.65. The van der Waals surface area contributed by atoms with E-state index in [2.05, 4.69) is 10.6 Å². The average molecular weight is 314 g/mol. The van der Waals surface area contributed by atoms with Crippen molar-refractivity contribution in [3.8, 4) is 5.75 Å². The Hall–Kier alpha value is -1.89. The third-order valence-electron chi connectivity index (χ3n) is 3.78. The fraction of sp³-hybridized carbons (Fsp3) is 0.533. The van der Waals surface area contributed by atoms with Crippen LogP contribution < -0.4 is 15.4 Å². The molecule has 2 amide bonds. The number of benzene rings is 1. The number of aliphatic hydroxyl groups excluding tert-OH is 1. The van der Waals surface area contributed by atoms with Crippen molar-refractivity contribution in [2.24, 2.45) is 0 Å². The maximum absolute atomic E-state index is 13.3. The van der Waals surface area contributed by atoms with Crippen molar-refractivity contribution in [2.45, 2.75) is 31.2 Å². The first-order valence-corrected chi connectivity index (χ1v) is 7.29. The number of urea groups is 1. The number of aliphatic hydroxyl groups is 1. The summed E-state index contributed by atoms with van der Waals surface area (Å²) in [5.74, 6) is -1.52. The van der Waals surface area contributed by atoms with Crippen LogP contribution in [0.15, 0.2) is 18.2 Å². The molecule has 1 fully saturated rings. The van der Waals surface area contributed by atoms with E-state index < -0.39 is 17.2 Å². The Morgan fingerprint density at radius 2 is 2.05 bits per heavy atom. The van der Waals surface area contributed by atoms with Gasteiger partial charge in [-0.3, -0.25) is 0 Å². The number of ether oxygens (including phenoxy) is 1. The SMILES string of the molecule is O=C(NCCOc1ccc(F)cc1F)NC1(CO)CCCC1. The summed E-state index contributed by atoms with van der Waals surface area (Å²) in [7, 11) is 0. The number of amides is 2. The van der Waals surface area contributed by atoms with Crippen LogP contribution in [0.5, 0.6) is 5.75 Å². The molecule has 0 heterocycles. The highest BCUT2D eigenvalue weighted by Crippen LogP contribution is 2.28. The second kappa shape index (κ2) is 7.40. The van der Waals surface area contributed by atoms with Gasteiger partial charge in [-0.05, 0) is 25.0 Å². The lowest BCUT2D eigenvalue weighted by Crippen LogP contribution is -2.53. The standard InChI is InChI=1S/C15H20F2N2O3/c16-11-3-4-13(12(17)9-11)22-8-7-18-14(21)19-15(10-20)5-1-2-6-15/h3-4,9,20H,1-2,5-8,10H2,(H2,18,19,21). The van der Waals surface area contributed by atoms with Crippen LogP contribution in [0, 0.1) is 11.6 Å². The van der Waals surface area contributed by atoms with Crippen molar-refractivity contribution < 1.29 is 23.4 Å². The maximum atomic E-state index is 13.3. The molecule has 0 bridgehead atoms. The minimum atomic E-state index is -0.783. The summed E-state index contributed by atoms with van der Waals surface area (Å²) in [4.78, 5) is 11.8. The summed E-state index contributed by atoms with van der Waals surface area (Å²) in [5, 5.41) is 14.8. The van der Waals surface area contributed by atoms with Crippen LogP contribution in [0.4, 0.5) is 13.6 Å². The summed E-state index contributed by atoms with van der Waals surface area (Å²) >= 11 is 0. The number of carbonyl (C=O) groups is 1. The first-order valence-electron chi connectivity index (χ1n) is 7.29. The van der Waals surface area contributed by atoms with Crippen molar-refractivity contribution in [3.05, 3.63) is 29.8 Å². The number of carbonyl (C=O) groups excluding carboxylic acids is 1. The van der Waals surface area contributed by atoms with E-state index in [1.165, 1.54) is 6.07 Å². The first-order chi connectivity index (χ1) is 10.5. The predicted octanol–water partition coefficient (Wildman–Crippen LogP) is 1.95. The Morgan fingerprint density at radius 1 is 1.32 bits per heavy atom. The van der Waals surface area contributed by atoms with Gasteiger partial charge >= 0.3 is 6.03 Å². The molecule has 3 N–H and O–H groups in total. The molecule has 1 aliphatic carbocycles. The van der Waals surface area contributed by atoms with Crippen molar-refractivity contribution in [2.75, 3.05) is 19.8 Å². The van der Waals surface area contributed by atoms with Gasteiger partial charge in [-0.25, -0.2) is 13.6 Å². The lowest BCUT2D eigenvalue weighted by molar-refractivity contribution is 0.162. The van der Waals surface area contributed by atoms with Crippen molar-refractivity contribution in [1.82, 2.24) is 10.6 Å². The van der Waals surface area contributed by atoms with Gasteiger partial charge in [-0.2, -0.15) is 0 Å². The topological polar surface area (TPSA) is 70.6 Å². The fourth-order valence-corrected chi connectivity index (χ4v) is 2.58. The van der Waals surface area contributed by atoms with Crippen LogP contribution in [0.2, 0.25) is 0 Å². The molecule has 122 valence electrons. The molecule has 22 heavy (non-hydrogen) atoms. The Balaban J connectivity index is 1.71. The molecule has 1 saturated carbocycles. The first kappa shape index (κ1) is 16.5. The molecule has 0 saturated heterocycles. The minimum Gasteiger partial charge on any atom is -0.489 e. The van der Waals surface area contributed by atoms with Crippen LogP contribution in [0.1, 0.15) is 25.7 Å². The zero-order valence-corrected chi connectivity index (χ0v) is 12.2. The van der Waals surface area contributed by atoms with Gasteiger partial charge in [0.05, 0.1) is 18.7 Å². The molecular weight excluding hydrogens is 294 g/mol. The molecule has 0 atom stereocenters. The summed E-state index contributed by atoms with van der Waals surface area (Å²) < 4.78 is 31.2. The lowest BCUT2D eigenvalue weighted by Gasteiger charge is -2.27. The molecule has 1 aliphatic rings. The van der Waals surface area contributed by atoms with Crippen LogP contribution >= 0.6 is 0 Å². The monoisotopic (exact) mass is 314 g/mol. The number of rotatable bonds is 6. The van der Waals surface area contributed by atoms with Gasteiger partial charge in [0.15, 0.2) is 11.6 Å².